The Balaban J connectivity index is 1.59. The zero-order valence-electron chi connectivity index (χ0n) is 29.1. The van der Waals surface area contributed by atoms with Crippen molar-refractivity contribution in [3.8, 4) is 11.5 Å². The fraction of sp³-hybridized carbons (Fsp3) is 0.385. The Morgan fingerprint density at radius 3 is 1.40 bits per heavy atom. The summed E-state index contributed by atoms with van der Waals surface area (Å²) in [5.74, 6) is -8.62. The molecule has 0 atom stereocenters. The van der Waals surface area contributed by atoms with E-state index in [2.05, 4.69) is 22.6 Å². The summed E-state index contributed by atoms with van der Waals surface area (Å²) in [6, 6.07) is 5.47. The van der Waals surface area contributed by atoms with Gasteiger partial charge in [-0.25, -0.2) is 27.2 Å². The molecule has 14 heteroatoms. The topological polar surface area (TPSA) is 71.1 Å². The van der Waals surface area contributed by atoms with E-state index in [1.807, 2.05) is 0 Å². The second kappa shape index (κ2) is 19.8. The second-order valence-corrected chi connectivity index (χ2v) is 12.1. The number of halogens is 8. The molecule has 0 unspecified atom stereocenters. The number of carbonyl (C=O) groups excluding carboxylic acids is 2. The largest absolute Gasteiger partial charge is 0.463 e. The maximum absolute atomic E-state index is 15.1. The van der Waals surface area contributed by atoms with Gasteiger partial charge in [0.15, 0.2) is 0 Å². The Morgan fingerprint density at radius 1 is 0.604 bits per heavy atom. The molecule has 0 aliphatic carbocycles. The summed E-state index contributed by atoms with van der Waals surface area (Å²) in [5.41, 5.74) is -3.26. The molecule has 3 aromatic carbocycles. The highest BCUT2D eigenvalue weighted by Gasteiger charge is 2.43. The lowest BCUT2D eigenvalue weighted by Crippen LogP contribution is -2.26. The normalized spacial score (nSPS) is 11.6. The van der Waals surface area contributed by atoms with E-state index in [4.69, 9.17) is 9.47 Å². The minimum atomic E-state index is -4.53. The van der Waals surface area contributed by atoms with Crippen LogP contribution in [-0.2, 0) is 44.1 Å². The van der Waals surface area contributed by atoms with Crippen molar-refractivity contribution in [3.63, 3.8) is 0 Å². The Hall–Kier alpha value is -4.88. The Bertz CT molecular complexity index is 1700. The Morgan fingerprint density at radius 2 is 1.00 bits per heavy atom. The molecule has 0 amide bonds. The van der Waals surface area contributed by atoms with E-state index >= 15 is 17.6 Å². The first-order valence-corrected chi connectivity index (χ1v) is 16.9. The fourth-order valence-corrected chi connectivity index (χ4v) is 5.32. The molecule has 0 aliphatic heterocycles. The maximum Gasteiger partial charge on any atom is 0.432 e. The third kappa shape index (κ3) is 12.9. The number of alkyl halides is 4. The molecule has 3 rings (SSSR count). The SMILES string of the molecule is C=CC(=O)OCCCCCCc1cc(F)c(C(F)(F)Oc2ccc(OC(F)(F)c3c(F)cc(CCCCCCOC(=O)C=C)cc3F)c(C)c2)c(F)c1. The Kier molecular flexibility index (Phi) is 15.9. The highest BCUT2D eigenvalue weighted by atomic mass is 19.3. The maximum atomic E-state index is 15.1. The molecule has 3 aromatic rings. The van der Waals surface area contributed by atoms with E-state index in [0.717, 1.165) is 54.6 Å². The van der Waals surface area contributed by atoms with Crippen LogP contribution in [0.25, 0.3) is 0 Å². The first-order chi connectivity index (χ1) is 25.1. The summed E-state index contributed by atoms with van der Waals surface area (Å²) in [7, 11) is 0. The lowest BCUT2D eigenvalue weighted by molar-refractivity contribution is -0.192. The summed E-state index contributed by atoms with van der Waals surface area (Å²) in [4.78, 5) is 22.0. The van der Waals surface area contributed by atoms with E-state index in [9.17, 15) is 27.2 Å². The van der Waals surface area contributed by atoms with E-state index in [1.165, 1.54) is 6.92 Å². The monoisotopic (exact) mass is 756 g/mol. The van der Waals surface area contributed by atoms with Crippen LogP contribution in [0, 0.1) is 30.2 Å². The van der Waals surface area contributed by atoms with Gasteiger partial charge in [-0.3, -0.25) is 0 Å². The van der Waals surface area contributed by atoms with Gasteiger partial charge in [-0.1, -0.05) is 38.8 Å². The summed E-state index contributed by atoms with van der Waals surface area (Å²) in [6.07, 6.45) is -1.94. The second-order valence-electron chi connectivity index (χ2n) is 12.1. The van der Waals surface area contributed by atoms with Gasteiger partial charge < -0.3 is 18.9 Å². The number of benzene rings is 3. The van der Waals surface area contributed by atoms with Gasteiger partial charge in [0.2, 0.25) is 0 Å². The van der Waals surface area contributed by atoms with Crippen molar-refractivity contribution in [2.75, 3.05) is 13.2 Å². The molecule has 0 saturated carbocycles. The van der Waals surface area contributed by atoms with Crippen LogP contribution in [0.15, 0.2) is 67.8 Å². The molecular weight excluding hydrogens is 716 g/mol. The predicted octanol–water partition coefficient (Wildman–Crippen LogP) is 10.5. The standard InChI is InChI=1S/C39H40F8O6/c1-4-34(48)50-18-12-8-6-10-14-26-21-29(40)36(30(41)22-26)38(44,45)52-28-16-17-33(25(3)20-28)53-39(46,47)37-31(42)23-27(24-32(37)43)15-11-7-9-13-19-51-35(49)5-2/h4-5,16-17,20-24H,1-2,6-15,18-19H2,3H3. The van der Waals surface area contributed by atoms with Gasteiger partial charge in [-0.2, -0.15) is 17.6 Å². The first kappa shape index (κ1) is 42.5. The highest BCUT2D eigenvalue weighted by molar-refractivity contribution is 5.81. The van der Waals surface area contributed by atoms with E-state index in [0.29, 0.717) is 51.4 Å². The van der Waals surface area contributed by atoms with Crippen LogP contribution in [0.2, 0.25) is 0 Å². The quantitative estimate of drug-likeness (QED) is 0.0440. The highest BCUT2D eigenvalue weighted by Crippen LogP contribution is 2.40. The molecule has 0 radical (unpaired) electrons. The molecule has 0 N–H and O–H groups in total. The summed E-state index contributed by atoms with van der Waals surface area (Å²) < 4.78 is 138. The average molecular weight is 757 g/mol. The lowest BCUT2D eigenvalue weighted by Gasteiger charge is -2.23. The van der Waals surface area contributed by atoms with Crippen LogP contribution in [0.3, 0.4) is 0 Å². The van der Waals surface area contributed by atoms with Gasteiger partial charge in [0.05, 0.1) is 13.2 Å². The molecule has 288 valence electrons. The summed E-state index contributed by atoms with van der Waals surface area (Å²) in [6.45, 7) is 8.11. The zero-order chi connectivity index (χ0) is 39.2. The molecule has 0 aliphatic rings. The van der Waals surface area contributed by atoms with Crippen molar-refractivity contribution in [2.24, 2.45) is 0 Å². The number of rotatable bonds is 22. The van der Waals surface area contributed by atoms with Gasteiger partial charge in [0, 0.05) is 12.2 Å². The van der Waals surface area contributed by atoms with E-state index in [-0.39, 0.29) is 42.7 Å². The fourth-order valence-electron chi connectivity index (χ4n) is 5.32. The van der Waals surface area contributed by atoms with Crippen LogP contribution in [0.5, 0.6) is 11.5 Å². The number of ether oxygens (including phenoxy) is 4. The predicted molar refractivity (Wildman–Crippen MR) is 180 cm³/mol. The van der Waals surface area contributed by atoms with Crippen molar-refractivity contribution in [1.29, 1.82) is 0 Å². The number of hydrogen-bond acceptors (Lipinski definition) is 6. The molecule has 6 nitrogen and oxygen atoms in total. The minimum absolute atomic E-state index is 0.135. The molecule has 0 aromatic heterocycles. The molecule has 0 heterocycles. The van der Waals surface area contributed by atoms with Gasteiger partial charge in [0.1, 0.15) is 45.9 Å². The third-order valence-corrected chi connectivity index (χ3v) is 7.96. The summed E-state index contributed by atoms with van der Waals surface area (Å²) in [5, 5.41) is 0. The van der Waals surface area contributed by atoms with Gasteiger partial charge in [0.25, 0.3) is 0 Å². The number of unbranched alkanes of at least 4 members (excludes halogenated alkanes) is 6. The van der Waals surface area contributed by atoms with Crippen LogP contribution >= 0.6 is 0 Å². The van der Waals surface area contributed by atoms with Crippen LogP contribution in [0.1, 0.15) is 79.2 Å². The minimum Gasteiger partial charge on any atom is -0.463 e. The molecular formula is C39H40F8O6. The third-order valence-electron chi connectivity index (χ3n) is 7.96. The lowest BCUT2D eigenvalue weighted by atomic mass is 10.0. The van der Waals surface area contributed by atoms with Crippen molar-refractivity contribution in [2.45, 2.75) is 83.3 Å². The van der Waals surface area contributed by atoms with Crippen LogP contribution in [-0.4, -0.2) is 25.2 Å². The smallest absolute Gasteiger partial charge is 0.432 e. The number of aryl methyl sites for hydroxylation is 3. The van der Waals surface area contributed by atoms with Crippen LogP contribution in [0.4, 0.5) is 35.1 Å². The number of esters is 2. The van der Waals surface area contributed by atoms with Crippen molar-refractivity contribution in [3.05, 3.63) is 119 Å². The van der Waals surface area contributed by atoms with Gasteiger partial charge >= 0.3 is 24.2 Å². The first-order valence-electron chi connectivity index (χ1n) is 16.9. The molecule has 0 fully saturated rings. The molecule has 0 spiro atoms. The average Bonchev–Trinajstić information content (AvgIpc) is 3.07. The number of hydrogen-bond donors (Lipinski definition) is 0. The van der Waals surface area contributed by atoms with Crippen LogP contribution < -0.4 is 9.47 Å². The van der Waals surface area contributed by atoms with Gasteiger partial charge in [-0.05, 0) is 105 Å². The van der Waals surface area contributed by atoms with Crippen molar-refractivity contribution >= 4 is 11.9 Å². The Labute approximate surface area is 302 Å². The molecule has 0 bridgehead atoms. The zero-order valence-corrected chi connectivity index (χ0v) is 29.1. The van der Waals surface area contributed by atoms with Crippen molar-refractivity contribution < 1.29 is 63.7 Å². The number of carbonyl (C=O) groups is 2. The summed E-state index contributed by atoms with van der Waals surface area (Å²) >= 11 is 0. The molecule has 53 heavy (non-hydrogen) atoms. The molecule has 0 saturated heterocycles. The van der Waals surface area contributed by atoms with Gasteiger partial charge in [-0.15, -0.1) is 0 Å². The van der Waals surface area contributed by atoms with E-state index < -0.39 is 70.1 Å². The van der Waals surface area contributed by atoms with E-state index in [1.54, 1.807) is 0 Å². The van der Waals surface area contributed by atoms with Crippen molar-refractivity contribution in [1.82, 2.24) is 0 Å².